The molecule has 0 spiro atoms. The quantitative estimate of drug-likeness (QED) is 0.759. The Morgan fingerprint density at radius 3 is 3.06 bits per heavy atom. The van der Waals surface area contributed by atoms with Crippen molar-refractivity contribution < 1.29 is 9.63 Å². The number of rotatable bonds is 2. The zero-order chi connectivity index (χ0) is 11.0. The van der Waals surface area contributed by atoms with E-state index < -0.39 is 0 Å². The lowest BCUT2D eigenvalue weighted by molar-refractivity contribution is -0.0769. The van der Waals surface area contributed by atoms with Crippen molar-refractivity contribution in [3.05, 3.63) is 29.6 Å². The lowest BCUT2D eigenvalue weighted by atomic mass is 10.1. The number of hydrogen-bond donors (Lipinski definition) is 0. The number of pyridine rings is 1. The summed E-state index contributed by atoms with van der Waals surface area (Å²) in [6.45, 7) is 1.35. The fraction of sp³-hybridized carbons (Fsp3) is 0.500. The van der Waals surface area contributed by atoms with Crippen LogP contribution in [0.3, 0.4) is 0 Å². The van der Waals surface area contributed by atoms with Crippen LogP contribution in [-0.2, 0) is 4.84 Å². The topological polar surface area (TPSA) is 42.4 Å². The van der Waals surface area contributed by atoms with Gasteiger partial charge in [-0.3, -0.25) is 14.6 Å². The summed E-state index contributed by atoms with van der Waals surface area (Å²) in [6.07, 6.45) is 6.77. The first-order valence-electron chi connectivity index (χ1n) is 5.75. The molecule has 1 amide bonds. The number of carbonyl (C=O) groups excluding carboxylic acids is 1. The molecule has 0 radical (unpaired) electrons. The van der Waals surface area contributed by atoms with Gasteiger partial charge >= 0.3 is 0 Å². The van der Waals surface area contributed by atoms with Crippen molar-refractivity contribution >= 4 is 5.91 Å². The average Bonchev–Trinajstić information content (AvgIpc) is 3.03. The predicted molar refractivity (Wildman–Crippen MR) is 57.8 cm³/mol. The Balaban J connectivity index is 1.89. The molecule has 1 aromatic rings. The standard InChI is InChI=1S/C12H14N2O2/c15-12(14-6-1-7-16-14)10-4-5-13-8-11(10)9-2-3-9/h4-5,8-9H,1-3,6-7H2. The Morgan fingerprint density at radius 2 is 2.38 bits per heavy atom. The number of aromatic nitrogens is 1. The third kappa shape index (κ3) is 1.69. The van der Waals surface area contributed by atoms with E-state index >= 15 is 0 Å². The molecule has 0 N–H and O–H groups in total. The highest BCUT2D eigenvalue weighted by Crippen LogP contribution is 2.41. The third-order valence-corrected chi connectivity index (χ3v) is 3.08. The minimum absolute atomic E-state index is 0.0122. The molecule has 2 fully saturated rings. The molecule has 1 aliphatic carbocycles. The lowest BCUT2D eigenvalue weighted by Gasteiger charge is -2.15. The maximum absolute atomic E-state index is 12.2. The maximum Gasteiger partial charge on any atom is 0.277 e. The van der Waals surface area contributed by atoms with E-state index in [2.05, 4.69) is 4.98 Å². The molecule has 0 atom stereocenters. The molecular formula is C12H14N2O2. The van der Waals surface area contributed by atoms with E-state index in [0.717, 1.165) is 17.5 Å². The van der Waals surface area contributed by atoms with Crippen LogP contribution in [0.2, 0.25) is 0 Å². The molecule has 1 aromatic heterocycles. The highest BCUT2D eigenvalue weighted by atomic mass is 16.7. The van der Waals surface area contributed by atoms with E-state index in [1.807, 2.05) is 6.20 Å². The SMILES string of the molecule is O=C(c1ccncc1C1CC1)N1CCCO1. The minimum Gasteiger partial charge on any atom is -0.271 e. The van der Waals surface area contributed by atoms with Crippen LogP contribution in [0, 0.1) is 0 Å². The summed E-state index contributed by atoms with van der Waals surface area (Å²) in [5.41, 5.74) is 1.85. The van der Waals surface area contributed by atoms with E-state index in [9.17, 15) is 4.79 Å². The van der Waals surface area contributed by atoms with Crippen LogP contribution in [0.5, 0.6) is 0 Å². The zero-order valence-electron chi connectivity index (χ0n) is 9.06. The molecule has 4 heteroatoms. The van der Waals surface area contributed by atoms with E-state index in [-0.39, 0.29) is 5.91 Å². The summed E-state index contributed by atoms with van der Waals surface area (Å²) in [6, 6.07) is 1.80. The van der Waals surface area contributed by atoms with Crippen molar-refractivity contribution in [3.63, 3.8) is 0 Å². The van der Waals surface area contributed by atoms with Crippen LogP contribution < -0.4 is 0 Å². The van der Waals surface area contributed by atoms with Gasteiger partial charge < -0.3 is 0 Å². The first-order valence-corrected chi connectivity index (χ1v) is 5.75. The number of amides is 1. The minimum atomic E-state index is -0.0122. The molecule has 84 valence electrons. The second-order valence-electron chi connectivity index (χ2n) is 4.33. The van der Waals surface area contributed by atoms with Gasteiger partial charge in [-0.25, -0.2) is 5.06 Å². The molecule has 0 aromatic carbocycles. The van der Waals surface area contributed by atoms with Gasteiger partial charge in [0.15, 0.2) is 0 Å². The third-order valence-electron chi connectivity index (χ3n) is 3.08. The van der Waals surface area contributed by atoms with Crippen molar-refractivity contribution in [1.82, 2.24) is 10.0 Å². The molecule has 1 aliphatic heterocycles. The van der Waals surface area contributed by atoms with E-state index in [1.165, 1.54) is 17.9 Å². The maximum atomic E-state index is 12.2. The number of nitrogens with zero attached hydrogens (tertiary/aromatic N) is 2. The Labute approximate surface area is 94.2 Å². The van der Waals surface area contributed by atoms with Crippen LogP contribution in [0.4, 0.5) is 0 Å². The molecule has 16 heavy (non-hydrogen) atoms. The second-order valence-corrected chi connectivity index (χ2v) is 4.33. The smallest absolute Gasteiger partial charge is 0.271 e. The second kappa shape index (κ2) is 3.87. The van der Waals surface area contributed by atoms with Crippen LogP contribution >= 0.6 is 0 Å². The zero-order valence-corrected chi connectivity index (χ0v) is 9.06. The van der Waals surface area contributed by atoms with Crippen molar-refractivity contribution in [2.24, 2.45) is 0 Å². The summed E-state index contributed by atoms with van der Waals surface area (Å²) in [5, 5.41) is 1.47. The molecule has 4 nitrogen and oxygen atoms in total. The fourth-order valence-electron chi connectivity index (χ4n) is 2.06. The van der Waals surface area contributed by atoms with E-state index in [4.69, 9.17) is 4.84 Å². The molecule has 1 saturated carbocycles. The largest absolute Gasteiger partial charge is 0.277 e. The summed E-state index contributed by atoms with van der Waals surface area (Å²) in [4.78, 5) is 21.6. The molecule has 1 saturated heterocycles. The monoisotopic (exact) mass is 218 g/mol. The van der Waals surface area contributed by atoms with E-state index in [0.29, 0.717) is 19.1 Å². The fourth-order valence-corrected chi connectivity index (χ4v) is 2.06. The van der Waals surface area contributed by atoms with Crippen molar-refractivity contribution in [3.8, 4) is 0 Å². The Bertz CT molecular complexity index is 409. The lowest BCUT2D eigenvalue weighted by Crippen LogP contribution is -2.27. The van der Waals surface area contributed by atoms with Gasteiger partial charge in [-0.2, -0.15) is 0 Å². The summed E-state index contributed by atoms with van der Waals surface area (Å²) < 4.78 is 0. The first-order chi connectivity index (χ1) is 7.86. The first kappa shape index (κ1) is 9.78. The van der Waals surface area contributed by atoms with Gasteiger partial charge in [0.05, 0.1) is 13.2 Å². The number of hydroxylamine groups is 2. The Hall–Kier alpha value is -1.42. The molecule has 2 aliphatic rings. The van der Waals surface area contributed by atoms with Crippen molar-refractivity contribution in [2.45, 2.75) is 25.2 Å². The summed E-state index contributed by atoms with van der Waals surface area (Å²) in [5.74, 6) is 0.525. The highest BCUT2D eigenvalue weighted by Gasteiger charge is 2.30. The Kier molecular flexibility index (Phi) is 2.36. The van der Waals surface area contributed by atoms with Crippen molar-refractivity contribution in [1.29, 1.82) is 0 Å². The molecule has 0 unspecified atom stereocenters. The van der Waals surface area contributed by atoms with Gasteiger partial charge in [0.2, 0.25) is 0 Å². The van der Waals surface area contributed by atoms with Crippen LogP contribution in [0.25, 0.3) is 0 Å². The van der Waals surface area contributed by atoms with Gasteiger partial charge in [0.25, 0.3) is 5.91 Å². The van der Waals surface area contributed by atoms with Crippen molar-refractivity contribution in [2.75, 3.05) is 13.2 Å². The Morgan fingerprint density at radius 1 is 1.50 bits per heavy atom. The van der Waals surface area contributed by atoms with Gasteiger partial charge in [0.1, 0.15) is 0 Å². The normalized spacial score (nSPS) is 20.1. The predicted octanol–water partition coefficient (Wildman–Crippen LogP) is 1.74. The van der Waals surface area contributed by atoms with Crippen LogP contribution in [0.1, 0.15) is 41.1 Å². The molecule has 2 heterocycles. The van der Waals surface area contributed by atoms with Gasteiger partial charge in [-0.15, -0.1) is 0 Å². The van der Waals surface area contributed by atoms with Crippen LogP contribution in [-0.4, -0.2) is 29.1 Å². The highest BCUT2D eigenvalue weighted by molar-refractivity contribution is 5.95. The van der Waals surface area contributed by atoms with Gasteiger partial charge in [0, 0.05) is 18.0 Å². The van der Waals surface area contributed by atoms with Crippen LogP contribution in [0.15, 0.2) is 18.5 Å². The van der Waals surface area contributed by atoms with Gasteiger partial charge in [-0.1, -0.05) is 0 Å². The summed E-state index contributed by atoms with van der Waals surface area (Å²) in [7, 11) is 0. The van der Waals surface area contributed by atoms with E-state index in [1.54, 1.807) is 12.3 Å². The molecule has 3 rings (SSSR count). The average molecular weight is 218 g/mol. The molecule has 0 bridgehead atoms. The number of carbonyl (C=O) groups is 1. The summed E-state index contributed by atoms with van der Waals surface area (Å²) >= 11 is 0. The number of hydrogen-bond acceptors (Lipinski definition) is 3. The molecular weight excluding hydrogens is 204 g/mol. The van der Waals surface area contributed by atoms with Gasteiger partial charge in [-0.05, 0) is 36.8 Å².